The van der Waals surface area contributed by atoms with E-state index in [0.29, 0.717) is 25.9 Å². The summed E-state index contributed by atoms with van der Waals surface area (Å²) in [5.41, 5.74) is 1.12. The van der Waals surface area contributed by atoms with E-state index in [9.17, 15) is 17.6 Å². The second-order valence-electron chi connectivity index (χ2n) is 8.93. The van der Waals surface area contributed by atoms with Gasteiger partial charge in [0.15, 0.2) is 0 Å². The van der Waals surface area contributed by atoms with Crippen LogP contribution in [0.15, 0.2) is 53.4 Å². The zero-order chi connectivity index (χ0) is 24.1. The number of nitrogens with zero attached hydrogens (tertiary/aromatic N) is 2. The van der Waals surface area contributed by atoms with E-state index in [1.54, 1.807) is 7.11 Å². The van der Waals surface area contributed by atoms with Crippen LogP contribution in [0.25, 0.3) is 0 Å². The first-order valence-corrected chi connectivity index (χ1v) is 13.2. The summed E-state index contributed by atoms with van der Waals surface area (Å²) < 4.78 is 45.8. The van der Waals surface area contributed by atoms with E-state index in [0.717, 1.165) is 49.4 Å². The lowest BCUT2D eigenvalue weighted by Gasteiger charge is -2.32. The molecule has 0 saturated carbocycles. The highest BCUT2D eigenvalue weighted by atomic mass is 32.2. The largest absolute Gasteiger partial charge is 0.497 e. The zero-order valence-corrected chi connectivity index (χ0v) is 20.3. The number of carbonyl (C=O) groups is 1. The fourth-order valence-corrected chi connectivity index (χ4v) is 6.33. The third-order valence-electron chi connectivity index (χ3n) is 6.76. The summed E-state index contributed by atoms with van der Waals surface area (Å²) in [4.78, 5) is 15.5. The number of benzene rings is 2. The van der Waals surface area contributed by atoms with Gasteiger partial charge in [0.05, 0.1) is 24.0 Å². The summed E-state index contributed by atoms with van der Waals surface area (Å²) in [7, 11) is -2.14. The summed E-state index contributed by atoms with van der Waals surface area (Å²) >= 11 is 0. The number of methoxy groups -OCH3 is 1. The van der Waals surface area contributed by atoms with Gasteiger partial charge in [0.1, 0.15) is 11.6 Å². The molecular formula is C25H32FN3O4S. The normalized spacial score (nSPS) is 20.7. The number of piperidine rings is 1. The molecule has 2 saturated heterocycles. The van der Waals surface area contributed by atoms with Gasteiger partial charge in [-0.1, -0.05) is 12.1 Å². The van der Waals surface area contributed by atoms with Crippen molar-refractivity contribution in [1.29, 1.82) is 0 Å². The van der Waals surface area contributed by atoms with Crippen molar-refractivity contribution in [3.63, 3.8) is 0 Å². The van der Waals surface area contributed by atoms with Gasteiger partial charge in [0.25, 0.3) is 0 Å². The van der Waals surface area contributed by atoms with E-state index in [1.807, 2.05) is 24.3 Å². The molecule has 0 aromatic heterocycles. The molecule has 0 bridgehead atoms. The number of sulfonamides is 1. The maximum absolute atomic E-state index is 13.2. The number of hydrogen-bond donors (Lipinski definition) is 1. The van der Waals surface area contributed by atoms with Crippen LogP contribution in [0.5, 0.6) is 5.75 Å². The highest BCUT2D eigenvalue weighted by molar-refractivity contribution is 7.89. The lowest BCUT2D eigenvalue weighted by molar-refractivity contribution is -0.126. The molecule has 1 N–H and O–H groups in total. The van der Waals surface area contributed by atoms with Gasteiger partial charge in [-0.05, 0) is 80.7 Å². The number of ether oxygens (including phenoxy) is 1. The number of amides is 1. The van der Waals surface area contributed by atoms with Gasteiger partial charge in [-0.3, -0.25) is 9.69 Å². The summed E-state index contributed by atoms with van der Waals surface area (Å²) in [6.45, 7) is 2.92. The van der Waals surface area contributed by atoms with Crippen LogP contribution in [0, 0.1) is 11.7 Å². The Bertz CT molecular complexity index is 1070. The molecule has 2 aliphatic rings. The summed E-state index contributed by atoms with van der Waals surface area (Å²) in [5.74, 6) is -0.243. The Morgan fingerprint density at radius 1 is 1.06 bits per heavy atom. The minimum Gasteiger partial charge on any atom is -0.497 e. The molecule has 9 heteroatoms. The van der Waals surface area contributed by atoms with Gasteiger partial charge in [-0.15, -0.1) is 0 Å². The molecule has 7 nitrogen and oxygen atoms in total. The Labute approximate surface area is 200 Å². The number of likely N-dealkylation sites (tertiary alicyclic amines) is 1. The first kappa shape index (κ1) is 24.6. The smallest absolute Gasteiger partial charge is 0.243 e. The van der Waals surface area contributed by atoms with Crippen LogP contribution in [-0.2, 0) is 14.8 Å². The molecule has 2 heterocycles. The monoisotopic (exact) mass is 489 g/mol. The molecule has 1 amide bonds. The predicted molar refractivity (Wildman–Crippen MR) is 127 cm³/mol. The minimum absolute atomic E-state index is 0.0450. The average Bonchev–Trinajstić information content (AvgIpc) is 3.39. The first-order valence-electron chi connectivity index (χ1n) is 11.8. The molecule has 2 aromatic carbocycles. The van der Waals surface area contributed by atoms with E-state index >= 15 is 0 Å². The minimum atomic E-state index is -3.77. The predicted octanol–water partition coefficient (Wildman–Crippen LogP) is 3.19. The molecule has 0 radical (unpaired) electrons. The van der Waals surface area contributed by atoms with Crippen molar-refractivity contribution >= 4 is 15.9 Å². The van der Waals surface area contributed by atoms with Crippen LogP contribution in [0.3, 0.4) is 0 Å². The zero-order valence-electron chi connectivity index (χ0n) is 19.5. The van der Waals surface area contributed by atoms with Crippen molar-refractivity contribution in [1.82, 2.24) is 14.5 Å². The molecule has 0 spiro atoms. The highest BCUT2D eigenvalue weighted by Crippen LogP contribution is 2.27. The second-order valence-corrected chi connectivity index (χ2v) is 10.9. The Morgan fingerprint density at radius 2 is 1.74 bits per heavy atom. The molecule has 4 rings (SSSR count). The van der Waals surface area contributed by atoms with E-state index in [2.05, 4.69) is 10.2 Å². The topological polar surface area (TPSA) is 79.0 Å². The fourth-order valence-electron chi connectivity index (χ4n) is 4.81. The van der Waals surface area contributed by atoms with Crippen molar-refractivity contribution in [2.24, 2.45) is 5.92 Å². The maximum Gasteiger partial charge on any atom is 0.243 e. The molecular weight excluding hydrogens is 457 g/mol. The van der Waals surface area contributed by atoms with Crippen molar-refractivity contribution in [3.05, 3.63) is 59.9 Å². The average molecular weight is 490 g/mol. The van der Waals surface area contributed by atoms with Crippen molar-refractivity contribution in [2.45, 2.75) is 36.6 Å². The number of carbonyl (C=O) groups excluding carboxylic acids is 1. The Balaban J connectivity index is 1.41. The van der Waals surface area contributed by atoms with Gasteiger partial charge < -0.3 is 10.1 Å². The molecule has 2 aliphatic heterocycles. The SMILES string of the molecule is COc1ccc([C@H](CNC(=O)[C@@H]2CCCN(S(=O)(=O)c3ccc(F)cc3)C2)N2CCCC2)cc1. The third-order valence-corrected chi connectivity index (χ3v) is 8.64. The summed E-state index contributed by atoms with van der Waals surface area (Å²) in [5, 5.41) is 3.09. The number of hydrogen-bond acceptors (Lipinski definition) is 5. The van der Waals surface area contributed by atoms with Crippen molar-refractivity contribution in [2.75, 3.05) is 39.8 Å². The summed E-state index contributed by atoms with van der Waals surface area (Å²) in [6.07, 6.45) is 3.52. The van der Waals surface area contributed by atoms with Crippen LogP contribution in [0.1, 0.15) is 37.3 Å². The highest BCUT2D eigenvalue weighted by Gasteiger charge is 2.34. The van der Waals surface area contributed by atoms with Crippen LogP contribution < -0.4 is 10.1 Å². The molecule has 34 heavy (non-hydrogen) atoms. The fraction of sp³-hybridized carbons (Fsp3) is 0.480. The molecule has 184 valence electrons. The van der Waals surface area contributed by atoms with E-state index in [1.165, 1.54) is 16.4 Å². The number of nitrogens with one attached hydrogen (secondary N) is 1. The molecule has 0 unspecified atom stereocenters. The quantitative estimate of drug-likeness (QED) is 0.616. The first-order chi connectivity index (χ1) is 16.4. The standard InChI is InChI=1S/C25H32FN3O4S/c1-33-22-10-6-19(7-11-22)24(28-14-2-3-15-28)17-27-25(30)20-5-4-16-29(18-20)34(31,32)23-12-8-21(26)9-13-23/h6-13,20,24H,2-5,14-18H2,1H3,(H,27,30)/t20-,24+/m1/s1. The number of rotatable bonds is 8. The Kier molecular flexibility index (Phi) is 7.85. The van der Waals surface area contributed by atoms with Crippen LogP contribution >= 0.6 is 0 Å². The molecule has 2 fully saturated rings. The lowest BCUT2D eigenvalue weighted by atomic mass is 9.98. The number of halogens is 1. The summed E-state index contributed by atoms with van der Waals surface area (Å²) in [6, 6.07) is 12.8. The van der Waals surface area contributed by atoms with Gasteiger partial charge in [-0.25, -0.2) is 12.8 Å². The third kappa shape index (κ3) is 5.59. The molecule has 2 atom stereocenters. The van der Waals surface area contributed by atoms with Gasteiger partial charge in [-0.2, -0.15) is 4.31 Å². The van der Waals surface area contributed by atoms with Crippen LogP contribution in [0.4, 0.5) is 4.39 Å². The van der Waals surface area contributed by atoms with Gasteiger partial charge in [0.2, 0.25) is 15.9 Å². The van der Waals surface area contributed by atoms with Crippen LogP contribution in [0.2, 0.25) is 0 Å². The molecule has 0 aliphatic carbocycles. The van der Waals surface area contributed by atoms with E-state index in [4.69, 9.17) is 4.74 Å². The second kappa shape index (κ2) is 10.8. The van der Waals surface area contributed by atoms with Crippen molar-refractivity contribution < 1.29 is 22.3 Å². The van der Waals surface area contributed by atoms with E-state index < -0.39 is 21.8 Å². The van der Waals surface area contributed by atoms with Gasteiger partial charge >= 0.3 is 0 Å². The van der Waals surface area contributed by atoms with E-state index in [-0.39, 0.29) is 23.4 Å². The molecule has 2 aromatic rings. The Morgan fingerprint density at radius 3 is 2.38 bits per heavy atom. The van der Waals surface area contributed by atoms with Gasteiger partial charge in [0, 0.05) is 19.6 Å². The van der Waals surface area contributed by atoms with Crippen LogP contribution in [-0.4, -0.2) is 63.4 Å². The lowest BCUT2D eigenvalue weighted by Crippen LogP contribution is -2.46. The van der Waals surface area contributed by atoms with Crippen molar-refractivity contribution in [3.8, 4) is 5.75 Å². The maximum atomic E-state index is 13.2. The Hall–Kier alpha value is -2.49.